The van der Waals surface area contributed by atoms with Crippen LogP contribution >= 0.6 is 27.5 Å². The van der Waals surface area contributed by atoms with Crippen LogP contribution in [0, 0.1) is 0 Å². The van der Waals surface area contributed by atoms with Crippen molar-refractivity contribution < 1.29 is 0 Å². The van der Waals surface area contributed by atoms with Crippen LogP contribution in [0.2, 0.25) is 5.02 Å². The van der Waals surface area contributed by atoms with Gasteiger partial charge in [0.05, 0.1) is 16.7 Å². The lowest BCUT2D eigenvalue weighted by Gasteiger charge is -2.26. The lowest BCUT2D eigenvalue weighted by Crippen LogP contribution is -2.10. The number of halogens is 2. The van der Waals surface area contributed by atoms with Crippen molar-refractivity contribution in [1.82, 2.24) is 10.2 Å². The SMILES string of the molecule is Clc1cc2c(C3CCC3)cnnc2cc1Br. The van der Waals surface area contributed by atoms with Gasteiger partial charge in [-0.05, 0) is 52.4 Å². The number of fused-ring (bicyclic) bond motifs is 1. The van der Waals surface area contributed by atoms with Crippen LogP contribution in [-0.4, -0.2) is 10.2 Å². The standard InChI is InChI=1S/C12H10BrClN2/c13-10-5-12-8(4-11(10)14)9(6-15-16-12)7-2-1-3-7/h4-7H,1-3H2. The Morgan fingerprint density at radius 1 is 1.31 bits per heavy atom. The topological polar surface area (TPSA) is 25.8 Å². The van der Waals surface area contributed by atoms with E-state index in [1.807, 2.05) is 18.3 Å². The van der Waals surface area contributed by atoms with Crippen molar-refractivity contribution in [3.05, 3.63) is 33.4 Å². The van der Waals surface area contributed by atoms with Crippen LogP contribution in [0.3, 0.4) is 0 Å². The molecule has 1 heterocycles. The van der Waals surface area contributed by atoms with Crippen LogP contribution in [0.1, 0.15) is 30.7 Å². The summed E-state index contributed by atoms with van der Waals surface area (Å²) in [6, 6.07) is 3.93. The van der Waals surface area contributed by atoms with E-state index in [4.69, 9.17) is 11.6 Å². The van der Waals surface area contributed by atoms with Gasteiger partial charge in [0.25, 0.3) is 0 Å². The Hall–Kier alpha value is -0.670. The molecule has 0 radical (unpaired) electrons. The van der Waals surface area contributed by atoms with Gasteiger partial charge in [-0.3, -0.25) is 0 Å². The first-order valence-corrected chi connectivity index (χ1v) is 6.53. The zero-order valence-electron chi connectivity index (χ0n) is 8.58. The van der Waals surface area contributed by atoms with Crippen LogP contribution in [-0.2, 0) is 0 Å². The molecule has 1 aromatic carbocycles. The molecule has 3 rings (SSSR count). The molecular formula is C12H10BrClN2. The first kappa shape index (κ1) is 10.5. The molecule has 0 atom stereocenters. The summed E-state index contributed by atoms with van der Waals surface area (Å²) in [6.45, 7) is 0. The maximum atomic E-state index is 6.13. The van der Waals surface area contributed by atoms with E-state index < -0.39 is 0 Å². The van der Waals surface area contributed by atoms with Crippen molar-refractivity contribution in [3.8, 4) is 0 Å². The van der Waals surface area contributed by atoms with E-state index in [1.54, 1.807) is 0 Å². The van der Waals surface area contributed by atoms with Crippen LogP contribution in [0.15, 0.2) is 22.8 Å². The molecule has 0 aliphatic heterocycles. The van der Waals surface area contributed by atoms with Crippen molar-refractivity contribution >= 4 is 38.4 Å². The molecule has 1 aliphatic carbocycles. The lowest BCUT2D eigenvalue weighted by atomic mass is 9.79. The van der Waals surface area contributed by atoms with E-state index in [0.29, 0.717) is 5.92 Å². The number of rotatable bonds is 1. The van der Waals surface area contributed by atoms with E-state index in [1.165, 1.54) is 24.8 Å². The van der Waals surface area contributed by atoms with Gasteiger partial charge in [0.1, 0.15) is 0 Å². The number of nitrogens with zero attached hydrogens (tertiary/aromatic N) is 2. The molecule has 0 unspecified atom stereocenters. The Morgan fingerprint density at radius 3 is 2.81 bits per heavy atom. The third-order valence-corrected chi connectivity index (χ3v) is 4.45. The largest absolute Gasteiger partial charge is 0.158 e. The second kappa shape index (κ2) is 3.97. The number of aromatic nitrogens is 2. The van der Waals surface area contributed by atoms with Crippen LogP contribution in [0.4, 0.5) is 0 Å². The highest BCUT2D eigenvalue weighted by Gasteiger charge is 2.22. The highest BCUT2D eigenvalue weighted by molar-refractivity contribution is 9.10. The van der Waals surface area contributed by atoms with Gasteiger partial charge >= 0.3 is 0 Å². The molecule has 1 aliphatic rings. The predicted molar refractivity (Wildman–Crippen MR) is 68.8 cm³/mol. The normalized spacial score (nSPS) is 16.4. The summed E-state index contributed by atoms with van der Waals surface area (Å²) in [5, 5.41) is 10.1. The van der Waals surface area contributed by atoms with Crippen molar-refractivity contribution in [2.24, 2.45) is 0 Å². The van der Waals surface area contributed by atoms with E-state index in [2.05, 4.69) is 26.1 Å². The molecule has 0 spiro atoms. The van der Waals surface area contributed by atoms with Gasteiger partial charge in [-0.2, -0.15) is 10.2 Å². The minimum atomic E-state index is 0.648. The minimum absolute atomic E-state index is 0.648. The summed E-state index contributed by atoms with van der Waals surface area (Å²) in [5.74, 6) is 0.648. The average molecular weight is 298 g/mol. The Labute approximate surface area is 107 Å². The molecule has 1 saturated carbocycles. The summed E-state index contributed by atoms with van der Waals surface area (Å²) < 4.78 is 0.877. The highest BCUT2D eigenvalue weighted by atomic mass is 79.9. The van der Waals surface area contributed by atoms with E-state index in [9.17, 15) is 0 Å². The molecule has 2 aromatic rings. The fourth-order valence-electron chi connectivity index (χ4n) is 2.12. The zero-order chi connectivity index (χ0) is 11.1. The number of hydrogen-bond donors (Lipinski definition) is 0. The second-order valence-electron chi connectivity index (χ2n) is 4.21. The maximum absolute atomic E-state index is 6.13. The van der Waals surface area contributed by atoms with Crippen LogP contribution in [0.5, 0.6) is 0 Å². The predicted octanol–water partition coefficient (Wildman–Crippen LogP) is 4.31. The Bertz CT molecular complexity index is 552. The van der Waals surface area contributed by atoms with E-state index in [0.717, 1.165) is 20.4 Å². The van der Waals surface area contributed by atoms with Crippen molar-refractivity contribution in [3.63, 3.8) is 0 Å². The second-order valence-corrected chi connectivity index (χ2v) is 5.47. The van der Waals surface area contributed by atoms with Gasteiger partial charge in [-0.1, -0.05) is 18.0 Å². The zero-order valence-corrected chi connectivity index (χ0v) is 10.9. The third kappa shape index (κ3) is 1.62. The molecular weight excluding hydrogens is 288 g/mol. The van der Waals surface area contributed by atoms with Gasteiger partial charge < -0.3 is 0 Å². The van der Waals surface area contributed by atoms with Gasteiger partial charge in [-0.25, -0.2) is 0 Å². The van der Waals surface area contributed by atoms with Crippen LogP contribution < -0.4 is 0 Å². The smallest absolute Gasteiger partial charge is 0.0944 e. The number of benzene rings is 1. The summed E-state index contributed by atoms with van der Waals surface area (Å²) in [7, 11) is 0. The molecule has 0 N–H and O–H groups in total. The minimum Gasteiger partial charge on any atom is -0.158 e. The van der Waals surface area contributed by atoms with Crippen molar-refractivity contribution in [2.45, 2.75) is 25.2 Å². The maximum Gasteiger partial charge on any atom is 0.0944 e. The monoisotopic (exact) mass is 296 g/mol. The molecule has 1 fully saturated rings. The first-order chi connectivity index (χ1) is 7.75. The molecule has 1 aromatic heterocycles. The third-order valence-electron chi connectivity index (χ3n) is 3.26. The molecule has 2 nitrogen and oxygen atoms in total. The Morgan fingerprint density at radius 2 is 2.12 bits per heavy atom. The fraction of sp³-hybridized carbons (Fsp3) is 0.333. The van der Waals surface area contributed by atoms with Gasteiger partial charge in [-0.15, -0.1) is 0 Å². The Balaban J connectivity index is 2.24. The molecule has 0 bridgehead atoms. The lowest BCUT2D eigenvalue weighted by molar-refractivity contribution is 0.421. The molecule has 16 heavy (non-hydrogen) atoms. The van der Waals surface area contributed by atoms with Crippen LogP contribution in [0.25, 0.3) is 10.9 Å². The summed E-state index contributed by atoms with van der Waals surface area (Å²) in [4.78, 5) is 0. The number of hydrogen-bond acceptors (Lipinski definition) is 2. The fourth-order valence-corrected chi connectivity index (χ4v) is 2.61. The van der Waals surface area contributed by atoms with Crippen molar-refractivity contribution in [2.75, 3.05) is 0 Å². The molecule has 4 heteroatoms. The summed E-state index contributed by atoms with van der Waals surface area (Å²) in [5.41, 5.74) is 2.21. The van der Waals surface area contributed by atoms with Gasteiger partial charge in [0.15, 0.2) is 0 Å². The summed E-state index contributed by atoms with van der Waals surface area (Å²) >= 11 is 9.54. The molecule has 0 amide bonds. The summed E-state index contributed by atoms with van der Waals surface area (Å²) in [6.07, 6.45) is 5.72. The van der Waals surface area contributed by atoms with Crippen molar-refractivity contribution in [1.29, 1.82) is 0 Å². The first-order valence-electron chi connectivity index (χ1n) is 5.36. The van der Waals surface area contributed by atoms with E-state index in [-0.39, 0.29) is 0 Å². The van der Waals surface area contributed by atoms with Gasteiger partial charge in [0.2, 0.25) is 0 Å². The quantitative estimate of drug-likeness (QED) is 0.783. The highest BCUT2D eigenvalue weighted by Crippen LogP contribution is 2.40. The molecule has 0 saturated heterocycles. The Kier molecular flexibility index (Phi) is 2.60. The average Bonchev–Trinajstić information content (AvgIpc) is 2.18. The van der Waals surface area contributed by atoms with E-state index >= 15 is 0 Å². The molecule has 82 valence electrons. The van der Waals surface area contributed by atoms with Gasteiger partial charge in [0, 0.05) is 9.86 Å².